The third kappa shape index (κ3) is 1.98. The number of hydrogen-bond acceptors (Lipinski definition) is 3. The van der Waals surface area contributed by atoms with E-state index in [1.807, 2.05) is 0 Å². The molecule has 0 saturated heterocycles. The molecule has 1 saturated carbocycles. The van der Waals surface area contributed by atoms with Crippen molar-refractivity contribution in [3.05, 3.63) is 23.0 Å². The summed E-state index contributed by atoms with van der Waals surface area (Å²) in [6.45, 7) is 0. The highest BCUT2D eigenvalue weighted by Crippen LogP contribution is 2.28. The molecule has 0 aromatic carbocycles. The van der Waals surface area contributed by atoms with Crippen molar-refractivity contribution in [2.75, 3.05) is 0 Å². The van der Waals surface area contributed by atoms with Gasteiger partial charge in [-0.3, -0.25) is 4.79 Å². The Morgan fingerprint density at radius 1 is 1.62 bits per heavy atom. The molecule has 0 atom stereocenters. The SMILES string of the molecule is O=Cc1cc(Cl)ncc1OC1CC1. The first-order valence-electron chi connectivity index (χ1n) is 4.07. The maximum atomic E-state index is 10.6. The molecule has 3 nitrogen and oxygen atoms in total. The van der Waals surface area contributed by atoms with Gasteiger partial charge < -0.3 is 4.74 Å². The molecule has 4 heteroatoms. The van der Waals surface area contributed by atoms with Crippen LogP contribution in [0.15, 0.2) is 12.3 Å². The van der Waals surface area contributed by atoms with Gasteiger partial charge in [-0.2, -0.15) is 0 Å². The summed E-state index contributed by atoms with van der Waals surface area (Å²) in [4.78, 5) is 14.5. The van der Waals surface area contributed by atoms with Gasteiger partial charge in [-0.25, -0.2) is 4.98 Å². The molecule has 0 spiro atoms. The molecule has 2 rings (SSSR count). The minimum Gasteiger partial charge on any atom is -0.488 e. The van der Waals surface area contributed by atoms with Crippen molar-refractivity contribution in [3.63, 3.8) is 0 Å². The van der Waals surface area contributed by atoms with Crippen LogP contribution in [-0.2, 0) is 0 Å². The number of ether oxygens (including phenoxy) is 1. The standard InChI is InChI=1S/C9H8ClNO2/c10-9-3-6(5-12)8(4-11-9)13-7-1-2-7/h3-5,7H,1-2H2. The van der Waals surface area contributed by atoms with Crippen LogP contribution in [0.1, 0.15) is 23.2 Å². The van der Waals surface area contributed by atoms with Gasteiger partial charge in [-0.1, -0.05) is 11.6 Å². The lowest BCUT2D eigenvalue weighted by Gasteiger charge is -2.05. The molecule has 1 aliphatic carbocycles. The highest BCUT2D eigenvalue weighted by molar-refractivity contribution is 6.29. The highest BCUT2D eigenvalue weighted by Gasteiger charge is 2.24. The molecular formula is C9H8ClNO2. The molecule has 13 heavy (non-hydrogen) atoms. The summed E-state index contributed by atoms with van der Waals surface area (Å²) in [7, 11) is 0. The second-order valence-corrected chi connectivity index (χ2v) is 3.37. The Balaban J connectivity index is 2.25. The zero-order valence-electron chi connectivity index (χ0n) is 6.87. The van der Waals surface area contributed by atoms with E-state index in [-0.39, 0.29) is 6.10 Å². The van der Waals surface area contributed by atoms with E-state index in [0.717, 1.165) is 19.1 Å². The summed E-state index contributed by atoms with van der Waals surface area (Å²) < 4.78 is 5.45. The first-order valence-corrected chi connectivity index (χ1v) is 4.45. The van der Waals surface area contributed by atoms with E-state index in [1.54, 1.807) is 0 Å². The molecule has 1 aromatic rings. The van der Waals surface area contributed by atoms with Crippen molar-refractivity contribution in [1.82, 2.24) is 4.98 Å². The Morgan fingerprint density at radius 3 is 3.00 bits per heavy atom. The largest absolute Gasteiger partial charge is 0.488 e. The summed E-state index contributed by atoms with van der Waals surface area (Å²) in [6.07, 6.45) is 4.60. The molecule has 1 aliphatic rings. The van der Waals surface area contributed by atoms with Crippen molar-refractivity contribution >= 4 is 17.9 Å². The lowest BCUT2D eigenvalue weighted by molar-refractivity contribution is 0.111. The quantitative estimate of drug-likeness (QED) is 0.550. The number of halogens is 1. The number of aldehydes is 1. The Kier molecular flexibility index (Phi) is 2.19. The predicted molar refractivity (Wildman–Crippen MR) is 48.3 cm³/mol. The second-order valence-electron chi connectivity index (χ2n) is 2.98. The van der Waals surface area contributed by atoms with Gasteiger partial charge in [-0.05, 0) is 18.9 Å². The fourth-order valence-electron chi connectivity index (χ4n) is 0.988. The first-order chi connectivity index (χ1) is 6.29. The van der Waals surface area contributed by atoms with Gasteiger partial charge in [0, 0.05) is 0 Å². The Bertz CT molecular complexity index is 336. The third-order valence-electron chi connectivity index (χ3n) is 1.81. The zero-order valence-corrected chi connectivity index (χ0v) is 7.62. The lowest BCUT2D eigenvalue weighted by Crippen LogP contribution is -1.99. The lowest BCUT2D eigenvalue weighted by atomic mass is 10.3. The summed E-state index contributed by atoms with van der Waals surface area (Å²) in [5, 5.41) is 0.310. The van der Waals surface area contributed by atoms with Crippen molar-refractivity contribution in [2.45, 2.75) is 18.9 Å². The smallest absolute Gasteiger partial charge is 0.153 e. The molecule has 0 unspecified atom stereocenters. The third-order valence-corrected chi connectivity index (χ3v) is 2.02. The molecule has 0 bridgehead atoms. The normalized spacial score (nSPS) is 15.5. The van der Waals surface area contributed by atoms with Crippen molar-refractivity contribution in [1.29, 1.82) is 0 Å². The monoisotopic (exact) mass is 197 g/mol. The minimum atomic E-state index is 0.265. The van der Waals surface area contributed by atoms with Crippen molar-refractivity contribution in [2.24, 2.45) is 0 Å². The minimum absolute atomic E-state index is 0.265. The van der Waals surface area contributed by atoms with Crippen LogP contribution in [-0.4, -0.2) is 17.4 Å². The summed E-state index contributed by atoms with van der Waals surface area (Å²) in [6, 6.07) is 1.51. The topological polar surface area (TPSA) is 39.2 Å². The van der Waals surface area contributed by atoms with Crippen molar-refractivity contribution < 1.29 is 9.53 Å². The van der Waals surface area contributed by atoms with Gasteiger partial charge in [0.2, 0.25) is 0 Å². The van der Waals surface area contributed by atoms with Crippen LogP contribution < -0.4 is 4.74 Å². The van der Waals surface area contributed by atoms with Crippen LogP contribution in [0.4, 0.5) is 0 Å². The number of hydrogen-bond donors (Lipinski definition) is 0. The molecule has 1 fully saturated rings. The number of pyridine rings is 1. The maximum Gasteiger partial charge on any atom is 0.153 e. The van der Waals surface area contributed by atoms with E-state index < -0.39 is 0 Å². The number of carbonyl (C=O) groups is 1. The Hall–Kier alpha value is -1.09. The Morgan fingerprint density at radius 2 is 2.38 bits per heavy atom. The molecule has 0 N–H and O–H groups in total. The van der Waals surface area contributed by atoms with Crippen LogP contribution in [0.5, 0.6) is 5.75 Å². The zero-order chi connectivity index (χ0) is 9.26. The summed E-state index contributed by atoms with van der Waals surface area (Å²) in [5.41, 5.74) is 0.465. The molecule has 0 amide bonds. The fourth-order valence-corrected chi connectivity index (χ4v) is 1.15. The van der Waals surface area contributed by atoms with E-state index in [1.165, 1.54) is 12.3 Å². The van der Waals surface area contributed by atoms with Crippen LogP contribution in [0, 0.1) is 0 Å². The molecule has 0 aliphatic heterocycles. The second kappa shape index (κ2) is 3.34. The molecule has 1 aromatic heterocycles. The number of rotatable bonds is 3. The van der Waals surface area contributed by atoms with E-state index in [4.69, 9.17) is 16.3 Å². The van der Waals surface area contributed by atoms with Crippen LogP contribution >= 0.6 is 11.6 Å². The average Bonchev–Trinajstić information content (AvgIpc) is 2.92. The molecule has 68 valence electrons. The maximum absolute atomic E-state index is 10.6. The van der Waals surface area contributed by atoms with Gasteiger partial charge in [0.15, 0.2) is 6.29 Å². The van der Waals surface area contributed by atoms with Crippen LogP contribution in [0.2, 0.25) is 5.15 Å². The van der Waals surface area contributed by atoms with E-state index >= 15 is 0 Å². The molecular weight excluding hydrogens is 190 g/mol. The van der Waals surface area contributed by atoms with Gasteiger partial charge in [-0.15, -0.1) is 0 Å². The molecule has 1 heterocycles. The van der Waals surface area contributed by atoms with Gasteiger partial charge in [0.1, 0.15) is 10.9 Å². The highest BCUT2D eigenvalue weighted by atomic mass is 35.5. The van der Waals surface area contributed by atoms with Gasteiger partial charge in [0.05, 0.1) is 17.9 Å². The van der Waals surface area contributed by atoms with E-state index in [9.17, 15) is 4.79 Å². The summed E-state index contributed by atoms with van der Waals surface area (Å²) >= 11 is 5.62. The molecule has 0 radical (unpaired) electrons. The van der Waals surface area contributed by atoms with Crippen LogP contribution in [0.3, 0.4) is 0 Å². The summed E-state index contributed by atoms with van der Waals surface area (Å²) in [5.74, 6) is 0.530. The number of carbonyl (C=O) groups excluding carboxylic acids is 1. The number of aromatic nitrogens is 1. The first kappa shape index (κ1) is 8.51. The average molecular weight is 198 g/mol. The van der Waals surface area contributed by atoms with Crippen molar-refractivity contribution in [3.8, 4) is 5.75 Å². The number of nitrogens with zero attached hydrogens (tertiary/aromatic N) is 1. The Labute approximate surface area is 80.7 Å². The van der Waals surface area contributed by atoms with E-state index in [2.05, 4.69) is 4.98 Å². The van der Waals surface area contributed by atoms with Gasteiger partial charge >= 0.3 is 0 Å². The predicted octanol–water partition coefficient (Wildman–Crippen LogP) is 2.09. The van der Waals surface area contributed by atoms with E-state index in [0.29, 0.717) is 16.5 Å². The van der Waals surface area contributed by atoms with Crippen LogP contribution in [0.25, 0.3) is 0 Å². The fraction of sp³-hybridized carbons (Fsp3) is 0.333. The van der Waals surface area contributed by atoms with Gasteiger partial charge in [0.25, 0.3) is 0 Å².